The van der Waals surface area contributed by atoms with Gasteiger partial charge >= 0.3 is 11.9 Å². The molecule has 2 aliphatic rings. The van der Waals surface area contributed by atoms with E-state index in [-0.39, 0.29) is 35.1 Å². The van der Waals surface area contributed by atoms with Gasteiger partial charge in [0.2, 0.25) is 0 Å². The maximum Gasteiger partial charge on any atom is 0.315 e. The van der Waals surface area contributed by atoms with Crippen molar-refractivity contribution in [3.63, 3.8) is 0 Å². The number of rotatable bonds is 5. The molecule has 3 atom stereocenters. The van der Waals surface area contributed by atoms with Crippen molar-refractivity contribution in [2.75, 3.05) is 20.1 Å². The Balaban J connectivity index is 0.00000280. The Kier molecular flexibility index (Phi) is 8.37. The number of likely N-dealkylation sites (N-methyl/N-ethyl adjacent to an activating group) is 1. The lowest BCUT2D eigenvalue weighted by atomic mass is 9.87. The van der Waals surface area contributed by atoms with Gasteiger partial charge in [-0.1, -0.05) is 42.1 Å². The number of carbonyl (C=O) groups is 1. The van der Waals surface area contributed by atoms with E-state index in [0.717, 1.165) is 38.8 Å². The Hall–Kier alpha value is -1.08. The number of nitrogens with zero attached hydrogens (tertiary/aromatic N) is 3. The summed E-state index contributed by atoms with van der Waals surface area (Å²) >= 11 is 11.9. The van der Waals surface area contributed by atoms with Gasteiger partial charge in [0.05, 0.1) is 10.0 Å². The van der Waals surface area contributed by atoms with E-state index in [2.05, 4.69) is 4.90 Å². The van der Waals surface area contributed by atoms with E-state index in [0.29, 0.717) is 5.02 Å². The summed E-state index contributed by atoms with van der Waals surface area (Å²) in [4.78, 5) is 28.4. The molecule has 3 rings (SSSR count). The summed E-state index contributed by atoms with van der Waals surface area (Å²) in [7, 11) is 1.70. The number of likely N-dealkylation sites (tertiary alicyclic amines) is 1. The molecule has 6 nitrogen and oxygen atoms in total. The van der Waals surface area contributed by atoms with Gasteiger partial charge in [0.15, 0.2) is 0 Å². The zero-order chi connectivity index (χ0) is 19.6. The molecule has 2 fully saturated rings. The highest BCUT2D eigenvalue weighted by Gasteiger charge is 2.41. The minimum Gasteiger partial charge on any atom is -0.335 e. The van der Waals surface area contributed by atoms with Crippen molar-refractivity contribution >= 4 is 41.5 Å². The molecular weight excluding hydrogens is 425 g/mol. The summed E-state index contributed by atoms with van der Waals surface area (Å²) in [6, 6.07) is 3.25. The summed E-state index contributed by atoms with van der Waals surface area (Å²) in [6.07, 6.45) is 6.48. The molecule has 1 heterocycles. The Morgan fingerprint density at radius 1 is 1.18 bits per heavy atom. The zero-order valence-electron chi connectivity index (χ0n) is 15.9. The average Bonchev–Trinajstić information content (AvgIpc) is 3.18. The van der Waals surface area contributed by atoms with Crippen molar-refractivity contribution in [1.29, 1.82) is 0 Å². The molecule has 1 aliphatic heterocycles. The average molecular weight is 451 g/mol. The number of amides is 1. The minimum absolute atomic E-state index is 0. The summed E-state index contributed by atoms with van der Waals surface area (Å²) in [5, 5.41) is 12.3. The molecule has 1 aromatic carbocycles. The van der Waals surface area contributed by atoms with Gasteiger partial charge in [0.25, 0.3) is 0 Å². The molecule has 1 aromatic rings. The second-order valence-electron chi connectivity index (χ2n) is 7.47. The highest BCUT2D eigenvalue weighted by atomic mass is 35.5. The third-order valence-electron chi connectivity index (χ3n) is 5.85. The number of benzene rings is 1. The summed E-state index contributed by atoms with van der Waals surface area (Å²) in [5.74, 6) is -0.491. The van der Waals surface area contributed by atoms with Crippen LogP contribution in [0.15, 0.2) is 18.2 Å². The zero-order valence-corrected chi connectivity index (χ0v) is 18.2. The monoisotopic (exact) mass is 449 g/mol. The first-order chi connectivity index (χ1) is 12.9. The van der Waals surface area contributed by atoms with Crippen LogP contribution in [-0.4, -0.2) is 52.9 Å². The fourth-order valence-corrected chi connectivity index (χ4v) is 4.74. The lowest BCUT2D eigenvalue weighted by molar-refractivity contribution is -0.515. The molecule has 156 valence electrons. The molecule has 3 unspecified atom stereocenters. The van der Waals surface area contributed by atoms with E-state index in [9.17, 15) is 14.9 Å². The minimum atomic E-state index is -1.47. The quantitative estimate of drug-likeness (QED) is 0.486. The highest BCUT2D eigenvalue weighted by molar-refractivity contribution is 6.42. The van der Waals surface area contributed by atoms with Crippen molar-refractivity contribution in [3.8, 4) is 0 Å². The van der Waals surface area contributed by atoms with Crippen molar-refractivity contribution in [2.24, 2.45) is 0 Å². The number of nitro groups is 1. The molecule has 28 heavy (non-hydrogen) atoms. The normalized spacial score (nSPS) is 23.7. The lowest BCUT2D eigenvalue weighted by Gasteiger charge is -2.42. The molecule has 0 radical (unpaired) electrons. The second kappa shape index (κ2) is 10.1. The number of carbonyl (C=O) groups excluding carboxylic acids is 1. The predicted octanol–water partition coefficient (Wildman–Crippen LogP) is 4.60. The van der Waals surface area contributed by atoms with Gasteiger partial charge in [-0.15, -0.1) is 12.4 Å². The van der Waals surface area contributed by atoms with Gasteiger partial charge in [-0.25, -0.2) is 0 Å². The molecule has 0 N–H and O–H groups in total. The maximum atomic E-state index is 13.1. The molecule has 0 aromatic heterocycles. The first-order valence-electron chi connectivity index (χ1n) is 9.49. The Morgan fingerprint density at radius 3 is 2.43 bits per heavy atom. The molecule has 1 saturated carbocycles. The van der Waals surface area contributed by atoms with Gasteiger partial charge in [-0.3, -0.25) is 19.8 Å². The molecule has 1 saturated heterocycles. The van der Waals surface area contributed by atoms with Crippen LogP contribution in [0, 0.1) is 10.1 Å². The van der Waals surface area contributed by atoms with Gasteiger partial charge in [0.1, 0.15) is 0 Å². The van der Waals surface area contributed by atoms with Crippen LogP contribution in [0.25, 0.3) is 0 Å². The smallest absolute Gasteiger partial charge is 0.315 e. The third kappa shape index (κ3) is 4.90. The highest BCUT2D eigenvalue weighted by Crippen LogP contribution is 2.32. The third-order valence-corrected chi connectivity index (χ3v) is 6.59. The number of hydrogen-bond acceptors (Lipinski definition) is 4. The largest absolute Gasteiger partial charge is 0.335 e. The SMILES string of the molecule is CN(C(=O)C(c1ccc(Cl)c(Cl)c1)[N+](=O)[O-])C1CCCCC1N1CCCC1.Cl. The van der Waals surface area contributed by atoms with Gasteiger partial charge < -0.3 is 4.90 Å². The van der Waals surface area contributed by atoms with Crippen molar-refractivity contribution < 1.29 is 9.72 Å². The van der Waals surface area contributed by atoms with E-state index in [1.54, 1.807) is 11.9 Å². The maximum absolute atomic E-state index is 13.1. The van der Waals surface area contributed by atoms with Crippen LogP contribution in [0.5, 0.6) is 0 Å². The van der Waals surface area contributed by atoms with E-state index in [4.69, 9.17) is 23.2 Å². The molecule has 0 bridgehead atoms. The Labute approximate surface area is 181 Å². The second-order valence-corrected chi connectivity index (χ2v) is 8.29. The summed E-state index contributed by atoms with van der Waals surface area (Å²) in [5.41, 5.74) is 0.264. The predicted molar refractivity (Wildman–Crippen MR) is 113 cm³/mol. The van der Waals surface area contributed by atoms with Crippen LogP contribution in [0.4, 0.5) is 0 Å². The van der Waals surface area contributed by atoms with Gasteiger partial charge in [-0.2, -0.15) is 0 Å². The van der Waals surface area contributed by atoms with Crippen LogP contribution >= 0.6 is 35.6 Å². The van der Waals surface area contributed by atoms with Gasteiger partial charge in [0, 0.05) is 29.6 Å². The fraction of sp³-hybridized carbons (Fsp3) is 0.632. The van der Waals surface area contributed by atoms with Crippen molar-refractivity contribution in [2.45, 2.75) is 56.7 Å². The van der Waals surface area contributed by atoms with Crippen LogP contribution in [0.2, 0.25) is 10.0 Å². The Morgan fingerprint density at radius 2 is 1.82 bits per heavy atom. The first kappa shape index (κ1) is 23.2. The number of hydrogen-bond donors (Lipinski definition) is 0. The van der Waals surface area contributed by atoms with Crippen molar-refractivity contribution in [3.05, 3.63) is 43.9 Å². The van der Waals surface area contributed by atoms with E-state index >= 15 is 0 Å². The van der Waals surface area contributed by atoms with E-state index < -0.39 is 16.9 Å². The standard InChI is InChI=1S/C19H25Cl2N3O3.ClH/c1-22(16-6-2-3-7-17(16)23-10-4-5-11-23)19(25)18(24(26)27)13-8-9-14(20)15(21)12-13;/h8-9,12,16-18H,2-7,10-11H2,1H3;1H. The lowest BCUT2D eigenvalue weighted by Crippen LogP contribution is -2.54. The van der Waals surface area contributed by atoms with Crippen LogP contribution < -0.4 is 0 Å². The van der Waals surface area contributed by atoms with E-state index in [1.807, 2.05) is 0 Å². The molecular formula is C19H26Cl3N3O3. The Bertz CT molecular complexity index is 713. The van der Waals surface area contributed by atoms with Crippen molar-refractivity contribution in [1.82, 2.24) is 9.80 Å². The first-order valence-corrected chi connectivity index (χ1v) is 10.2. The van der Waals surface area contributed by atoms with E-state index in [1.165, 1.54) is 31.0 Å². The van der Waals surface area contributed by atoms with Crippen LogP contribution in [0.1, 0.15) is 50.1 Å². The topological polar surface area (TPSA) is 66.7 Å². The molecule has 1 aliphatic carbocycles. The molecule has 1 amide bonds. The van der Waals surface area contributed by atoms with Crippen LogP contribution in [0.3, 0.4) is 0 Å². The number of halogens is 3. The summed E-state index contributed by atoms with van der Waals surface area (Å²) in [6.45, 7) is 2.10. The fourth-order valence-electron chi connectivity index (χ4n) is 4.44. The molecule has 0 spiro atoms. The van der Waals surface area contributed by atoms with Crippen LogP contribution in [-0.2, 0) is 4.79 Å². The molecule has 9 heteroatoms. The summed E-state index contributed by atoms with van der Waals surface area (Å²) < 4.78 is 0. The van der Waals surface area contributed by atoms with Gasteiger partial charge in [-0.05, 0) is 50.9 Å².